The van der Waals surface area contributed by atoms with E-state index in [9.17, 15) is 9.59 Å². The lowest BCUT2D eigenvalue weighted by molar-refractivity contribution is -0.135. The molecule has 4 rings (SSSR count). The Hall–Kier alpha value is -3.06. The zero-order chi connectivity index (χ0) is 26.1. The average Bonchev–Trinajstić information content (AvgIpc) is 3.04. The smallest absolute Gasteiger partial charge is 0.314 e. The van der Waals surface area contributed by atoms with Gasteiger partial charge in [-0.2, -0.15) is 0 Å². The number of hydrogen-bond donors (Lipinski definition) is 1. The monoisotopic (exact) mass is 492 g/mol. The second-order valence-corrected chi connectivity index (χ2v) is 11.2. The molecule has 2 N–H and O–H groups in total. The van der Waals surface area contributed by atoms with Crippen molar-refractivity contribution in [1.82, 2.24) is 14.7 Å². The molecule has 194 valence electrons. The maximum absolute atomic E-state index is 14.0. The van der Waals surface area contributed by atoms with Crippen LogP contribution in [0, 0.1) is 0 Å². The van der Waals surface area contributed by atoms with Gasteiger partial charge < -0.3 is 20.3 Å². The second kappa shape index (κ2) is 10.1. The van der Waals surface area contributed by atoms with Crippen molar-refractivity contribution in [2.75, 3.05) is 33.8 Å². The fourth-order valence-corrected chi connectivity index (χ4v) is 5.60. The minimum absolute atomic E-state index is 0.0450. The molecule has 36 heavy (non-hydrogen) atoms. The van der Waals surface area contributed by atoms with Gasteiger partial charge >= 0.3 is 6.03 Å². The third kappa shape index (κ3) is 5.07. The number of nitrogens with two attached hydrogens (primary N) is 1. The van der Waals surface area contributed by atoms with Crippen LogP contribution in [0.2, 0.25) is 0 Å². The van der Waals surface area contributed by atoms with Gasteiger partial charge in [0.25, 0.3) is 0 Å². The highest BCUT2D eigenvalue weighted by Crippen LogP contribution is 2.39. The number of rotatable bonds is 6. The summed E-state index contributed by atoms with van der Waals surface area (Å²) in [5, 5.41) is 0. The lowest BCUT2D eigenvalue weighted by Crippen LogP contribution is -2.57. The Bertz CT molecular complexity index is 1070. The van der Waals surface area contributed by atoms with E-state index in [1.165, 1.54) is 16.7 Å². The lowest BCUT2D eigenvalue weighted by Gasteiger charge is -2.41. The SMILES string of the molecule is COc1ccc(CCN2C(=O)C3(CCN(C(N)=O)CC3)N(C)C2Cc2ccc(C(C)(C)C)cc2)cc1. The van der Waals surface area contributed by atoms with E-state index < -0.39 is 11.6 Å². The van der Waals surface area contributed by atoms with Crippen molar-refractivity contribution in [2.45, 2.75) is 63.6 Å². The molecule has 1 spiro atoms. The number of hydrogen-bond acceptors (Lipinski definition) is 4. The van der Waals surface area contributed by atoms with Crippen molar-refractivity contribution < 1.29 is 14.3 Å². The van der Waals surface area contributed by atoms with E-state index in [1.807, 2.05) is 12.1 Å². The van der Waals surface area contributed by atoms with Gasteiger partial charge in [0.1, 0.15) is 11.3 Å². The zero-order valence-electron chi connectivity index (χ0n) is 22.3. The highest BCUT2D eigenvalue weighted by atomic mass is 16.5. The van der Waals surface area contributed by atoms with Gasteiger partial charge in [0.05, 0.1) is 13.3 Å². The molecule has 2 aromatic rings. The Morgan fingerprint density at radius 1 is 1.03 bits per heavy atom. The van der Waals surface area contributed by atoms with Crippen LogP contribution in [0.1, 0.15) is 50.3 Å². The van der Waals surface area contributed by atoms with Gasteiger partial charge in [-0.15, -0.1) is 0 Å². The van der Waals surface area contributed by atoms with Crippen LogP contribution in [0.25, 0.3) is 0 Å². The van der Waals surface area contributed by atoms with Crippen LogP contribution in [0.15, 0.2) is 48.5 Å². The van der Waals surface area contributed by atoms with E-state index >= 15 is 0 Å². The molecule has 3 amide bonds. The standard InChI is InChI=1S/C29H40N4O3/c1-28(2,3)23-10-6-22(7-11-23)20-25-31(4)29(15-18-32(19-16-29)27(30)35)26(34)33(25)17-14-21-8-12-24(36-5)13-9-21/h6-13,25H,14-20H2,1-5H3,(H2,30,35). The molecular formula is C29H40N4O3. The first-order valence-electron chi connectivity index (χ1n) is 12.9. The van der Waals surface area contributed by atoms with Gasteiger partial charge in [-0.05, 0) is 60.5 Å². The predicted molar refractivity (Wildman–Crippen MR) is 142 cm³/mol. The van der Waals surface area contributed by atoms with Gasteiger partial charge in [0.2, 0.25) is 5.91 Å². The summed E-state index contributed by atoms with van der Waals surface area (Å²) in [6.07, 6.45) is 2.69. The van der Waals surface area contributed by atoms with Crippen molar-refractivity contribution in [2.24, 2.45) is 5.73 Å². The Balaban J connectivity index is 1.57. The molecule has 0 aromatic heterocycles. The number of primary amides is 1. The van der Waals surface area contributed by atoms with Crippen LogP contribution in [0.3, 0.4) is 0 Å². The van der Waals surface area contributed by atoms with E-state index in [4.69, 9.17) is 10.5 Å². The van der Waals surface area contributed by atoms with Crippen molar-refractivity contribution in [3.05, 3.63) is 65.2 Å². The number of carbonyl (C=O) groups is 2. The topological polar surface area (TPSA) is 79.1 Å². The molecule has 2 aromatic carbocycles. The van der Waals surface area contributed by atoms with Crippen molar-refractivity contribution in [3.63, 3.8) is 0 Å². The molecule has 7 heteroatoms. The van der Waals surface area contributed by atoms with E-state index in [-0.39, 0.29) is 17.5 Å². The fraction of sp³-hybridized carbons (Fsp3) is 0.517. The molecule has 2 heterocycles. The maximum Gasteiger partial charge on any atom is 0.314 e. The van der Waals surface area contributed by atoms with Crippen LogP contribution in [-0.4, -0.2) is 72.1 Å². The lowest BCUT2D eigenvalue weighted by atomic mass is 9.86. The molecule has 2 saturated heterocycles. The van der Waals surface area contributed by atoms with Crippen LogP contribution in [0.4, 0.5) is 4.79 Å². The second-order valence-electron chi connectivity index (χ2n) is 11.2. The molecule has 1 atom stereocenters. The van der Waals surface area contributed by atoms with Crippen molar-refractivity contribution in [3.8, 4) is 5.75 Å². The fourth-order valence-electron chi connectivity index (χ4n) is 5.60. The first-order chi connectivity index (χ1) is 17.0. The van der Waals surface area contributed by atoms with E-state index in [0.717, 1.165) is 18.6 Å². The number of ether oxygens (including phenoxy) is 1. The Morgan fingerprint density at radius 3 is 2.14 bits per heavy atom. The molecule has 2 aliphatic heterocycles. The number of amides is 3. The molecule has 7 nitrogen and oxygen atoms in total. The summed E-state index contributed by atoms with van der Waals surface area (Å²) in [6.45, 7) is 8.30. The largest absolute Gasteiger partial charge is 0.497 e. The van der Waals surface area contributed by atoms with E-state index in [2.05, 4.69) is 74.0 Å². The quantitative estimate of drug-likeness (QED) is 0.666. The van der Waals surface area contributed by atoms with Gasteiger partial charge in [-0.3, -0.25) is 9.69 Å². The van der Waals surface area contributed by atoms with Crippen LogP contribution in [0.5, 0.6) is 5.75 Å². The first kappa shape index (κ1) is 26.0. The Kier molecular flexibility index (Phi) is 7.32. The maximum atomic E-state index is 14.0. The highest BCUT2D eigenvalue weighted by Gasteiger charge is 2.56. The summed E-state index contributed by atoms with van der Waals surface area (Å²) in [7, 11) is 3.73. The van der Waals surface area contributed by atoms with Gasteiger partial charge in [0.15, 0.2) is 0 Å². The molecule has 0 aliphatic carbocycles. The number of piperidine rings is 1. The predicted octanol–water partition coefficient (Wildman–Crippen LogP) is 3.79. The molecule has 0 saturated carbocycles. The van der Waals surface area contributed by atoms with E-state index in [1.54, 1.807) is 12.0 Å². The summed E-state index contributed by atoms with van der Waals surface area (Å²) >= 11 is 0. The van der Waals surface area contributed by atoms with Crippen molar-refractivity contribution in [1.29, 1.82) is 0 Å². The summed E-state index contributed by atoms with van der Waals surface area (Å²) in [5.41, 5.74) is 8.71. The summed E-state index contributed by atoms with van der Waals surface area (Å²) in [5.74, 6) is 0.992. The van der Waals surface area contributed by atoms with Gasteiger partial charge in [0, 0.05) is 26.1 Å². The zero-order valence-corrected chi connectivity index (χ0v) is 22.3. The Morgan fingerprint density at radius 2 is 1.61 bits per heavy atom. The third-order valence-corrected chi connectivity index (χ3v) is 8.08. The van der Waals surface area contributed by atoms with Gasteiger partial charge in [-0.1, -0.05) is 57.2 Å². The molecule has 2 fully saturated rings. The van der Waals surface area contributed by atoms with Crippen LogP contribution in [-0.2, 0) is 23.1 Å². The normalized spacial score (nSPS) is 20.2. The number of likely N-dealkylation sites (tertiary alicyclic amines) is 1. The molecular weight excluding hydrogens is 452 g/mol. The summed E-state index contributed by atoms with van der Waals surface area (Å²) in [6, 6.07) is 16.4. The first-order valence-corrected chi connectivity index (χ1v) is 12.9. The molecule has 0 radical (unpaired) electrons. The minimum Gasteiger partial charge on any atom is -0.497 e. The number of likely N-dealkylation sites (N-methyl/N-ethyl adjacent to an activating group) is 1. The Labute approximate surface area is 215 Å². The molecule has 2 aliphatic rings. The number of urea groups is 1. The molecule has 0 bridgehead atoms. The van der Waals surface area contributed by atoms with Gasteiger partial charge in [-0.25, -0.2) is 4.79 Å². The minimum atomic E-state index is -0.595. The third-order valence-electron chi connectivity index (χ3n) is 8.08. The number of benzene rings is 2. The highest BCUT2D eigenvalue weighted by molar-refractivity contribution is 5.89. The number of methoxy groups -OCH3 is 1. The number of carbonyl (C=O) groups excluding carboxylic acids is 2. The van der Waals surface area contributed by atoms with Crippen molar-refractivity contribution >= 4 is 11.9 Å². The molecule has 1 unspecified atom stereocenters. The average molecular weight is 493 g/mol. The summed E-state index contributed by atoms with van der Waals surface area (Å²) in [4.78, 5) is 31.7. The van der Waals surface area contributed by atoms with E-state index in [0.29, 0.717) is 32.5 Å². The summed E-state index contributed by atoms with van der Waals surface area (Å²) < 4.78 is 5.28. The number of nitrogens with zero attached hydrogens (tertiary/aromatic N) is 3. The van der Waals surface area contributed by atoms with Crippen LogP contribution < -0.4 is 10.5 Å². The van der Waals surface area contributed by atoms with Crippen LogP contribution >= 0.6 is 0 Å².